The summed E-state index contributed by atoms with van der Waals surface area (Å²) in [6.45, 7) is 0. The number of hydrogen-bond acceptors (Lipinski definition) is 7. The number of rotatable bonds is 6. The largest absolute Gasteiger partial charge is 0.497 e. The van der Waals surface area contributed by atoms with Gasteiger partial charge in [-0.25, -0.2) is 4.98 Å². The number of aliphatic hydroxyl groups is 1. The molecule has 2 aromatic carbocycles. The third kappa shape index (κ3) is 4.09. The van der Waals surface area contributed by atoms with E-state index in [-0.39, 0.29) is 23.5 Å². The number of ether oxygens (including phenoxy) is 1. The van der Waals surface area contributed by atoms with Crippen LogP contribution >= 0.6 is 0 Å². The van der Waals surface area contributed by atoms with E-state index < -0.39 is 0 Å². The van der Waals surface area contributed by atoms with Crippen molar-refractivity contribution in [2.45, 2.75) is 56.1 Å². The van der Waals surface area contributed by atoms with Gasteiger partial charge in [-0.15, -0.1) is 10.2 Å². The summed E-state index contributed by atoms with van der Waals surface area (Å²) >= 11 is 0. The smallest absolute Gasteiger partial charge is 0.271 e. The Morgan fingerprint density at radius 2 is 1.75 bits per heavy atom. The molecule has 2 heterocycles. The van der Waals surface area contributed by atoms with Crippen LogP contribution in [0.2, 0.25) is 0 Å². The van der Waals surface area contributed by atoms with Crippen LogP contribution in [0.15, 0.2) is 54.7 Å². The second-order valence-corrected chi connectivity index (χ2v) is 9.75. The Morgan fingerprint density at radius 1 is 1.03 bits per heavy atom. The first-order valence-corrected chi connectivity index (χ1v) is 12.4. The van der Waals surface area contributed by atoms with E-state index in [2.05, 4.69) is 32.6 Å². The molecule has 2 saturated carbocycles. The maximum atomic E-state index is 12.7. The number of methoxy groups -OCH3 is 1. The van der Waals surface area contributed by atoms with E-state index in [1.165, 1.54) is 0 Å². The van der Waals surface area contributed by atoms with E-state index in [0.29, 0.717) is 17.0 Å². The molecule has 36 heavy (non-hydrogen) atoms. The monoisotopic (exact) mass is 484 g/mol. The molecule has 9 nitrogen and oxygen atoms in total. The Bertz CT molecular complexity index is 1390. The van der Waals surface area contributed by atoms with Gasteiger partial charge in [-0.05, 0) is 68.4 Å². The van der Waals surface area contributed by atoms with E-state index in [1.54, 1.807) is 30.0 Å². The Morgan fingerprint density at radius 3 is 2.42 bits per heavy atom. The molecule has 2 aliphatic carbocycles. The van der Waals surface area contributed by atoms with Crippen molar-refractivity contribution in [3.8, 4) is 17.0 Å². The van der Waals surface area contributed by atoms with Crippen LogP contribution in [0, 0.1) is 0 Å². The molecule has 0 bridgehead atoms. The quantitative estimate of drug-likeness (QED) is 0.431. The first-order valence-electron chi connectivity index (χ1n) is 12.4. The molecule has 0 unspecified atom stereocenters. The van der Waals surface area contributed by atoms with Crippen LogP contribution in [0.1, 0.15) is 60.3 Å². The van der Waals surface area contributed by atoms with Crippen LogP contribution in [-0.2, 0) is 5.41 Å². The average Bonchev–Trinajstić information content (AvgIpc) is 3.62. The van der Waals surface area contributed by atoms with Crippen molar-refractivity contribution >= 4 is 11.7 Å². The molecule has 4 aromatic rings. The topological polar surface area (TPSA) is 115 Å². The number of aromatic nitrogens is 5. The third-order valence-corrected chi connectivity index (χ3v) is 7.43. The highest BCUT2D eigenvalue weighted by molar-refractivity contribution is 5.94. The van der Waals surface area contributed by atoms with Gasteiger partial charge in [-0.2, -0.15) is 9.61 Å². The number of benzene rings is 2. The lowest BCUT2D eigenvalue weighted by molar-refractivity contribution is 0.0867. The summed E-state index contributed by atoms with van der Waals surface area (Å²) < 4.78 is 7.04. The fraction of sp³-hybridized carbons (Fsp3) is 0.370. The van der Waals surface area contributed by atoms with Gasteiger partial charge in [0.2, 0.25) is 0 Å². The maximum Gasteiger partial charge on any atom is 0.271 e. The van der Waals surface area contributed by atoms with Gasteiger partial charge < -0.3 is 15.2 Å². The summed E-state index contributed by atoms with van der Waals surface area (Å²) in [6.07, 6.45) is 6.45. The van der Waals surface area contributed by atoms with E-state index in [9.17, 15) is 9.90 Å². The van der Waals surface area contributed by atoms with Gasteiger partial charge in [0.15, 0.2) is 5.82 Å². The molecule has 2 aromatic heterocycles. The zero-order chi connectivity index (χ0) is 24.7. The van der Waals surface area contributed by atoms with Crippen LogP contribution in [-0.4, -0.2) is 55.1 Å². The maximum absolute atomic E-state index is 12.7. The van der Waals surface area contributed by atoms with E-state index >= 15 is 0 Å². The van der Waals surface area contributed by atoms with Crippen LogP contribution < -0.4 is 10.1 Å². The lowest BCUT2D eigenvalue weighted by Gasteiger charge is -2.26. The minimum Gasteiger partial charge on any atom is -0.497 e. The van der Waals surface area contributed by atoms with Crippen molar-refractivity contribution in [2.75, 3.05) is 7.11 Å². The number of amides is 1. The molecule has 2 aliphatic rings. The van der Waals surface area contributed by atoms with Crippen LogP contribution in [0.4, 0.5) is 0 Å². The predicted molar refractivity (Wildman–Crippen MR) is 133 cm³/mol. The molecule has 0 spiro atoms. The first-order chi connectivity index (χ1) is 17.6. The van der Waals surface area contributed by atoms with Gasteiger partial charge in [0.1, 0.15) is 11.4 Å². The molecule has 9 heteroatoms. The molecule has 0 radical (unpaired) electrons. The standard InChI is InChI=1S/C27H28N6O3/c1-36-22-12-6-19(7-13-22)27(14-15-27)25-30-31-26-28-16-23(32-33(25)26)17-2-4-18(5-3-17)24(35)29-20-8-10-21(34)11-9-20/h2-7,12-13,16,20-21,34H,8-11,14-15H2,1H3,(H,29,35). The third-order valence-electron chi connectivity index (χ3n) is 7.43. The zero-order valence-electron chi connectivity index (χ0n) is 20.1. The Hall–Kier alpha value is -3.85. The minimum absolute atomic E-state index is 0.0965. The highest BCUT2D eigenvalue weighted by Crippen LogP contribution is 2.52. The summed E-state index contributed by atoms with van der Waals surface area (Å²) in [4.78, 5) is 17.2. The van der Waals surface area contributed by atoms with E-state index in [1.807, 2.05) is 24.3 Å². The average molecular weight is 485 g/mol. The van der Waals surface area contributed by atoms with Crippen molar-refractivity contribution in [2.24, 2.45) is 0 Å². The number of aliphatic hydroxyl groups excluding tert-OH is 1. The highest BCUT2D eigenvalue weighted by Gasteiger charge is 2.50. The van der Waals surface area contributed by atoms with Gasteiger partial charge in [-0.1, -0.05) is 24.3 Å². The van der Waals surface area contributed by atoms with E-state index in [0.717, 1.165) is 61.2 Å². The van der Waals surface area contributed by atoms with Crippen molar-refractivity contribution in [1.29, 1.82) is 0 Å². The molecule has 6 rings (SSSR count). The van der Waals surface area contributed by atoms with Crippen LogP contribution in [0.25, 0.3) is 17.0 Å². The fourth-order valence-corrected chi connectivity index (χ4v) is 5.08. The normalized spacial score (nSPS) is 20.7. The Balaban J connectivity index is 1.24. The van der Waals surface area contributed by atoms with Gasteiger partial charge in [0.25, 0.3) is 11.7 Å². The van der Waals surface area contributed by atoms with Crippen molar-refractivity contribution < 1.29 is 14.6 Å². The van der Waals surface area contributed by atoms with Crippen molar-refractivity contribution in [3.05, 3.63) is 71.7 Å². The lowest BCUT2D eigenvalue weighted by atomic mass is 9.93. The van der Waals surface area contributed by atoms with Crippen LogP contribution in [0.3, 0.4) is 0 Å². The number of fused-ring (bicyclic) bond motifs is 1. The second kappa shape index (κ2) is 8.98. The Kier molecular flexibility index (Phi) is 5.64. The molecule has 2 fully saturated rings. The summed E-state index contributed by atoms with van der Waals surface area (Å²) in [5, 5.41) is 26.3. The summed E-state index contributed by atoms with van der Waals surface area (Å²) in [5.41, 5.74) is 3.07. The van der Waals surface area contributed by atoms with Gasteiger partial charge in [0, 0.05) is 17.2 Å². The van der Waals surface area contributed by atoms with Gasteiger partial charge >= 0.3 is 0 Å². The van der Waals surface area contributed by atoms with Gasteiger partial charge in [-0.3, -0.25) is 4.79 Å². The number of nitrogens with one attached hydrogen (secondary N) is 1. The van der Waals surface area contributed by atoms with Gasteiger partial charge in [0.05, 0.1) is 24.8 Å². The predicted octanol–water partition coefficient (Wildman–Crippen LogP) is 3.31. The number of carbonyl (C=O) groups is 1. The second-order valence-electron chi connectivity index (χ2n) is 9.75. The minimum atomic E-state index is -0.243. The molecule has 0 saturated heterocycles. The summed E-state index contributed by atoms with van der Waals surface area (Å²) in [7, 11) is 1.66. The number of hydrogen-bond donors (Lipinski definition) is 2. The summed E-state index contributed by atoms with van der Waals surface area (Å²) in [6, 6.07) is 15.6. The zero-order valence-corrected chi connectivity index (χ0v) is 20.1. The van der Waals surface area contributed by atoms with Crippen molar-refractivity contribution in [1.82, 2.24) is 30.1 Å². The molecule has 2 N–H and O–H groups in total. The molecular weight excluding hydrogens is 456 g/mol. The molecule has 0 atom stereocenters. The molecule has 184 valence electrons. The highest BCUT2D eigenvalue weighted by atomic mass is 16.5. The molecule has 0 aliphatic heterocycles. The summed E-state index contributed by atoms with van der Waals surface area (Å²) in [5.74, 6) is 1.96. The fourth-order valence-electron chi connectivity index (χ4n) is 5.08. The van der Waals surface area contributed by atoms with Crippen LogP contribution in [0.5, 0.6) is 5.75 Å². The van der Waals surface area contributed by atoms with E-state index in [4.69, 9.17) is 9.84 Å². The lowest BCUT2D eigenvalue weighted by Crippen LogP contribution is -2.38. The Labute approximate surface area is 208 Å². The van der Waals surface area contributed by atoms with Crippen molar-refractivity contribution in [3.63, 3.8) is 0 Å². The molecular formula is C27H28N6O3. The SMILES string of the molecule is COc1ccc(C2(c3nnc4ncc(-c5ccc(C(=O)NC6CCC(O)CC6)cc5)nn34)CC2)cc1. The molecule has 1 amide bonds. The number of nitrogens with zero attached hydrogens (tertiary/aromatic N) is 5. The number of carbonyl (C=O) groups excluding carboxylic acids is 1. The first kappa shape index (κ1) is 22.6.